The summed E-state index contributed by atoms with van der Waals surface area (Å²) in [5.74, 6) is 0. The first kappa shape index (κ1) is 16.1. The minimum Gasteiger partial charge on any atom is -0.394 e. The van der Waals surface area contributed by atoms with E-state index in [0.29, 0.717) is 19.1 Å². The molecule has 19 heavy (non-hydrogen) atoms. The summed E-state index contributed by atoms with van der Waals surface area (Å²) in [6.07, 6.45) is 0.706. The standard InChI is InChI=1S/C15H26N2O2/c1-13(11-19-3)17(2)10-9-15(16,12-18)14-7-5-4-6-8-14/h4-8,13,18H,9-12,16H2,1-3H3. The minimum absolute atomic E-state index is 0.0521. The monoisotopic (exact) mass is 266 g/mol. The average Bonchev–Trinajstić information content (AvgIpc) is 2.45. The van der Waals surface area contributed by atoms with Gasteiger partial charge in [-0.15, -0.1) is 0 Å². The lowest BCUT2D eigenvalue weighted by Gasteiger charge is -2.32. The number of nitrogens with two attached hydrogens (primary N) is 1. The number of rotatable bonds is 8. The number of methoxy groups -OCH3 is 1. The topological polar surface area (TPSA) is 58.7 Å². The predicted molar refractivity (Wildman–Crippen MR) is 78.0 cm³/mol. The van der Waals surface area contributed by atoms with Crippen LogP contribution in [0.4, 0.5) is 0 Å². The van der Waals surface area contributed by atoms with E-state index in [-0.39, 0.29) is 6.61 Å². The van der Waals surface area contributed by atoms with Gasteiger partial charge in [-0.3, -0.25) is 0 Å². The van der Waals surface area contributed by atoms with Crippen LogP contribution in [-0.2, 0) is 10.3 Å². The molecule has 1 aromatic rings. The Bertz CT molecular complexity index is 358. The van der Waals surface area contributed by atoms with E-state index in [9.17, 15) is 5.11 Å². The third kappa shape index (κ3) is 4.58. The van der Waals surface area contributed by atoms with Crippen LogP contribution < -0.4 is 5.73 Å². The van der Waals surface area contributed by atoms with Gasteiger partial charge in [0.05, 0.1) is 18.8 Å². The molecule has 1 rings (SSSR count). The van der Waals surface area contributed by atoms with Crippen LogP contribution in [0.2, 0.25) is 0 Å². The Labute approximate surface area is 116 Å². The van der Waals surface area contributed by atoms with Crippen molar-refractivity contribution in [3.63, 3.8) is 0 Å². The van der Waals surface area contributed by atoms with Crippen LogP contribution >= 0.6 is 0 Å². The molecule has 0 saturated heterocycles. The molecule has 3 N–H and O–H groups in total. The average molecular weight is 266 g/mol. The Hall–Kier alpha value is -0.940. The molecular weight excluding hydrogens is 240 g/mol. The fourth-order valence-electron chi connectivity index (χ4n) is 2.05. The summed E-state index contributed by atoms with van der Waals surface area (Å²) < 4.78 is 5.15. The van der Waals surface area contributed by atoms with Gasteiger partial charge < -0.3 is 20.5 Å². The van der Waals surface area contributed by atoms with Gasteiger partial charge in [0.1, 0.15) is 0 Å². The third-order valence-corrected chi connectivity index (χ3v) is 3.70. The highest BCUT2D eigenvalue weighted by Crippen LogP contribution is 2.22. The molecule has 4 nitrogen and oxygen atoms in total. The molecule has 0 aromatic heterocycles. The summed E-state index contributed by atoms with van der Waals surface area (Å²) in [6.45, 7) is 3.57. The van der Waals surface area contributed by atoms with E-state index in [2.05, 4.69) is 11.8 Å². The predicted octanol–water partition coefficient (Wildman–Crippen LogP) is 1.19. The van der Waals surface area contributed by atoms with E-state index in [1.54, 1.807) is 7.11 Å². The second-order valence-electron chi connectivity index (χ2n) is 5.22. The molecule has 0 heterocycles. The zero-order chi connectivity index (χ0) is 14.3. The number of likely N-dealkylation sites (N-methyl/N-ethyl adjacent to an activating group) is 1. The molecule has 4 heteroatoms. The summed E-state index contributed by atoms with van der Waals surface area (Å²) in [5, 5.41) is 9.63. The van der Waals surface area contributed by atoms with E-state index < -0.39 is 5.54 Å². The zero-order valence-electron chi connectivity index (χ0n) is 12.2. The molecule has 2 atom stereocenters. The summed E-state index contributed by atoms with van der Waals surface area (Å²) >= 11 is 0. The van der Waals surface area contributed by atoms with Crippen molar-refractivity contribution in [1.29, 1.82) is 0 Å². The molecular formula is C15H26N2O2. The van der Waals surface area contributed by atoms with E-state index in [1.807, 2.05) is 37.4 Å². The number of hydrogen-bond acceptors (Lipinski definition) is 4. The van der Waals surface area contributed by atoms with Crippen molar-refractivity contribution in [3.05, 3.63) is 35.9 Å². The first-order valence-corrected chi connectivity index (χ1v) is 6.68. The highest BCUT2D eigenvalue weighted by Gasteiger charge is 2.27. The lowest BCUT2D eigenvalue weighted by atomic mass is 9.88. The van der Waals surface area contributed by atoms with Gasteiger partial charge in [0.25, 0.3) is 0 Å². The quantitative estimate of drug-likeness (QED) is 0.742. The van der Waals surface area contributed by atoms with Crippen molar-refractivity contribution in [2.45, 2.75) is 24.9 Å². The van der Waals surface area contributed by atoms with Gasteiger partial charge in [-0.05, 0) is 26.0 Å². The fraction of sp³-hybridized carbons (Fsp3) is 0.600. The van der Waals surface area contributed by atoms with Crippen molar-refractivity contribution in [2.75, 3.05) is 33.9 Å². The van der Waals surface area contributed by atoms with Crippen molar-refractivity contribution < 1.29 is 9.84 Å². The van der Waals surface area contributed by atoms with E-state index in [1.165, 1.54) is 0 Å². The van der Waals surface area contributed by atoms with Gasteiger partial charge in [-0.2, -0.15) is 0 Å². The normalized spacial score (nSPS) is 16.3. The summed E-state index contributed by atoms with van der Waals surface area (Å²) in [6, 6.07) is 10.1. The summed E-state index contributed by atoms with van der Waals surface area (Å²) in [4.78, 5) is 2.20. The molecule has 0 aliphatic rings. The fourth-order valence-corrected chi connectivity index (χ4v) is 2.05. The van der Waals surface area contributed by atoms with Gasteiger partial charge >= 0.3 is 0 Å². The van der Waals surface area contributed by atoms with Crippen molar-refractivity contribution in [1.82, 2.24) is 4.90 Å². The SMILES string of the molecule is COCC(C)N(C)CCC(N)(CO)c1ccccc1. The van der Waals surface area contributed by atoms with Crippen LogP contribution in [-0.4, -0.2) is 50.0 Å². The Balaban J connectivity index is 2.62. The summed E-state index contributed by atoms with van der Waals surface area (Å²) in [5.41, 5.74) is 6.63. The molecule has 2 unspecified atom stereocenters. The maximum absolute atomic E-state index is 9.63. The number of ether oxygens (including phenoxy) is 1. The number of hydrogen-bond donors (Lipinski definition) is 2. The maximum atomic E-state index is 9.63. The Kier molecular flexibility index (Phi) is 6.45. The lowest BCUT2D eigenvalue weighted by Crippen LogP contribution is -2.44. The van der Waals surface area contributed by atoms with Crippen LogP contribution in [0, 0.1) is 0 Å². The number of benzene rings is 1. The molecule has 0 aliphatic heterocycles. The summed E-state index contributed by atoms with van der Waals surface area (Å²) in [7, 11) is 3.75. The molecule has 1 aromatic carbocycles. The molecule has 0 spiro atoms. The first-order chi connectivity index (χ1) is 9.03. The Morgan fingerprint density at radius 3 is 2.53 bits per heavy atom. The van der Waals surface area contributed by atoms with Crippen molar-refractivity contribution in [3.8, 4) is 0 Å². The second-order valence-corrected chi connectivity index (χ2v) is 5.22. The van der Waals surface area contributed by atoms with Gasteiger partial charge in [-0.25, -0.2) is 0 Å². The maximum Gasteiger partial charge on any atom is 0.0656 e. The molecule has 0 fully saturated rings. The van der Waals surface area contributed by atoms with Crippen LogP contribution in [0.5, 0.6) is 0 Å². The van der Waals surface area contributed by atoms with Crippen molar-refractivity contribution >= 4 is 0 Å². The van der Waals surface area contributed by atoms with Gasteiger partial charge in [0, 0.05) is 19.7 Å². The lowest BCUT2D eigenvalue weighted by molar-refractivity contribution is 0.103. The van der Waals surface area contributed by atoms with Crippen LogP contribution in [0.25, 0.3) is 0 Å². The van der Waals surface area contributed by atoms with Crippen molar-refractivity contribution in [2.24, 2.45) is 5.73 Å². The molecule has 0 amide bonds. The smallest absolute Gasteiger partial charge is 0.0656 e. The van der Waals surface area contributed by atoms with E-state index in [0.717, 1.165) is 12.1 Å². The minimum atomic E-state index is -0.678. The Morgan fingerprint density at radius 1 is 1.37 bits per heavy atom. The van der Waals surface area contributed by atoms with Crippen LogP contribution in [0.15, 0.2) is 30.3 Å². The molecule has 0 saturated carbocycles. The van der Waals surface area contributed by atoms with Gasteiger partial charge in [0.2, 0.25) is 0 Å². The molecule has 108 valence electrons. The molecule has 0 bridgehead atoms. The van der Waals surface area contributed by atoms with E-state index in [4.69, 9.17) is 10.5 Å². The second kappa shape index (κ2) is 7.60. The van der Waals surface area contributed by atoms with Gasteiger partial charge in [-0.1, -0.05) is 30.3 Å². The number of aliphatic hydroxyl groups is 1. The highest BCUT2D eigenvalue weighted by molar-refractivity contribution is 5.24. The van der Waals surface area contributed by atoms with Crippen LogP contribution in [0.3, 0.4) is 0 Å². The number of aliphatic hydroxyl groups excluding tert-OH is 1. The third-order valence-electron chi connectivity index (χ3n) is 3.70. The van der Waals surface area contributed by atoms with E-state index >= 15 is 0 Å². The van der Waals surface area contributed by atoms with Crippen LogP contribution in [0.1, 0.15) is 18.9 Å². The largest absolute Gasteiger partial charge is 0.394 e. The van der Waals surface area contributed by atoms with Gasteiger partial charge in [0.15, 0.2) is 0 Å². The molecule has 0 aliphatic carbocycles. The molecule has 0 radical (unpaired) electrons. The number of nitrogens with zero attached hydrogens (tertiary/aromatic N) is 1. The first-order valence-electron chi connectivity index (χ1n) is 6.68. The Morgan fingerprint density at radius 2 is 2.00 bits per heavy atom. The zero-order valence-corrected chi connectivity index (χ0v) is 12.2. The highest BCUT2D eigenvalue weighted by atomic mass is 16.5.